The number of carbonyl (C=O) groups excluding carboxylic acids is 1. The average Bonchev–Trinajstić information content (AvgIpc) is 2.34. The maximum atomic E-state index is 12.2. The second kappa shape index (κ2) is 5.41. The van der Waals surface area contributed by atoms with Crippen LogP contribution < -0.4 is 5.32 Å². The first-order valence-electron chi connectivity index (χ1n) is 5.97. The summed E-state index contributed by atoms with van der Waals surface area (Å²) in [5, 5.41) is 3.26. The van der Waals surface area contributed by atoms with Gasteiger partial charge in [0, 0.05) is 18.1 Å². The molecule has 0 radical (unpaired) electrons. The van der Waals surface area contributed by atoms with Crippen LogP contribution in [-0.2, 0) is 0 Å². The SMILES string of the molecule is Cc1cc(C)c(NC(=O)c2ccncc2Cl)c(C)c1. The second-order valence-electron chi connectivity index (χ2n) is 4.58. The number of carbonyl (C=O) groups is 1. The van der Waals surface area contributed by atoms with Crippen LogP contribution in [0.2, 0.25) is 5.02 Å². The third kappa shape index (κ3) is 2.93. The van der Waals surface area contributed by atoms with Crippen LogP contribution in [-0.4, -0.2) is 10.9 Å². The van der Waals surface area contributed by atoms with Gasteiger partial charge in [-0.05, 0) is 38.0 Å². The minimum atomic E-state index is -0.220. The Hall–Kier alpha value is -1.87. The molecule has 0 aliphatic rings. The van der Waals surface area contributed by atoms with Gasteiger partial charge in [-0.15, -0.1) is 0 Å². The molecular weight excluding hydrogens is 260 g/mol. The fourth-order valence-electron chi connectivity index (χ4n) is 2.12. The number of amides is 1. The highest BCUT2D eigenvalue weighted by Crippen LogP contribution is 2.23. The van der Waals surface area contributed by atoms with Gasteiger partial charge in [-0.3, -0.25) is 9.78 Å². The van der Waals surface area contributed by atoms with Gasteiger partial charge in [0.2, 0.25) is 0 Å². The molecule has 2 aromatic rings. The number of benzene rings is 1. The van der Waals surface area contributed by atoms with Crippen molar-refractivity contribution in [3.05, 3.63) is 57.9 Å². The third-order valence-corrected chi connectivity index (χ3v) is 3.23. The van der Waals surface area contributed by atoms with Crippen LogP contribution >= 0.6 is 11.6 Å². The van der Waals surface area contributed by atoms with E-state index in [0.717, 1.165) is 16.8 Å². The van der Waals surface area contributed by atoms with Crippen molar-refractivity contribution >= 4 is 23.2 Å². The lowest BCUT2D eigenvalue weighted by Gasteiger charge is -2.13. The summed E-state index contributed by atoms with van der Waals surface area (Å²) in [5.74, 6) is -0.220. The predicted molar refractivity (Wildman–Crippen MR) is 77.9 cm³/mol. The number of pyridine rings is 1. The molecule has 3 nitrogen and oxygen atoms in total. The molecule has 19 heavy (non-hydrogen) atoms. The fourth-order valence-corrected chi connectivity index (χ4v) is 2.32. The van der Waals surface area contributed by atoms with Crippen LogP contribution in [0.3, 0.4) is 0 Å². The molecule has 2 rings (SSSR count). The number of hydrogen-bond donors (Lipinski definition) is 1. The summed E-state index contributed by atoms with van der Waals surface area (Å²) in [5.41, 5.74) is 4.52. The molecule has 0 fully saturated rings. The van der Waals surface area contributed by atoms with E-state index >= 15 is 0 Å². The van der Waals surface area contributed by atoms with Crippen molar-refractivity contribution < 1.29 is 4.79 Å². The largest absolute Gasteiger partial charge is 0.321 e. The van der Waals surface area contributed by atoms with Crippen LogP contribution in [0.15, 0.2) is 30.6 Å². The van der Waals surface area contributed by atoms with Gasteiger partial charge in [0.1, 0.15) is 0 Å². The maximum Gasteiger partial charge on any atom is 0.257 e. The standard InChI is InChI=1S/C15H15ClN2O/c1-9-6-10(2)14(11(3)7-9)18-15(19)12-4-5-17-8-13(12)16/h4-8H,1-3H3,(H,18,19). The highest BCUT2D eigenvalue weighted by molar-refractivity contribution is 6.34. The van der Waals surface area contributed by atoms with Crippen molar-refractivity contribution in [3.63, 3.8) is 0 Å². The first-order valence-corrected chi connectivity index (χ1v) is 6.35. The molecule has 98 valence electrons. The number of anilines is 1. The van der Waals surface area contributed by atoms with E-state index in [-0.39, 0.29) is 5.91 Å². The van der Waals surface area contributed by atoms with Crippen LogP contribution in [0.5, 0.6) is 0 Å². The molecule has 0 saturated carbocycles. The molecule has 0 aliphatic heterocycles. The Kier molecular flexibility index (Phi) is 3.86. The van der Waals surface area contributed by atoms with Gasteiger partial charge in [0.15, 0.2) is 0 Å². The second-order valence-corrected chi connectivity index (χ2v) is 4.99. The van der Waals surface area contributed by atoms with Gasteiger partial charge in [0.25, 0.3) is 5.91 Å². The van der Waals surface area contributed by atoms with E-state index in [2.05, 4.69) is 10.3 Å². The summed E-state index contributed by atoms with van der Waals surface area (Å²) in [6.45, 7) is 5.98. The van der Waals surface area contributed by atoms with Gasteiger partial charge in [-0.1, -0.05) is 29.3 Å². The first-order chi connectivity index (χ1) is 8.99. The lowest BCUT2D eigenvalue weighted by Crippen LogP contribution is -2.14. The number of aromatic nitrogens is 1. The molecule has 0 atom stereocenters. The molecule has 4 heteroatoms. The number of hydrogen-bond acceptors (Lipinski definition) is 2. The highest BCUT2D eigenvalue weighted by atomic mass is 35.5. The lowest BCUT2D eigenvalue weighted by molar-refractivity contribution is 0.102. The number of halogens is 1. The predicted octanol–water partition coefficient (Wildman–Crippen LogP) is 3.91. The smallest absolute Gasteiger partial charge is 0.257 e. The molecule has 0 unspecified atom stereocenters. The molecule has 1 aromatic carbocycles. The molecule has 1 N–H and O–H groups in total. The Morgan fingerprint density at radius 3 is 2.42 bits per heavy atom. The zero-order valence-electron chi connectivity index (χ0n) is 11.1. The Morgan fingerprint density at radius 1 is 1.21 bits per heavy atom. The molecule has 0 saturated heterocycles. The van der Waals surface area contributed by atoms with E-state index < -0.39 is 0 Å². The number of nitrogens with one attached hydrogen (secondary N) is 1. The summed E-state index contributed by atoms with van der Waals surface area (Å²) >= 11 is 5.97. The molecule has 0 bridgehead atoms. The van der Waals surface area contributed by atoms with E-state index in [1.165, 1.54) is 11.8 Å². The van der Waals surface area contributed by atoms with Crippen LogP contribution in [0.1, 0.15) is 27.0 Å². The maximum absolute atomic E-state index is 12.2. The zero-order valence-corrected chi connectivity index (χ0v) is 11.9. The minimum Gasteiger partial charge on any atom is -0.321 e. The van der Waals surface area contributed by atoms with Crippen molar-refractivity contribution in [2.45, 2.75) is 20.8 Å². The molecule has 1 amide bonds. The normalized spacial score (nSPS) is 10.3. The van der Waals surface area contributed by atoms with Gasteiger partial charge in [-0.2, -0.15) is 0 Å². The fraction of sp³-hybridized carbons (Fsp3) is 0.200. The molecule has 0 aliphatic carbocycles. The Labute approximate surface area is 117 Å². The van der Waals surface area contributed by atoms with Crippen molar-refractivity contribution in [2.24, 2.45) is 0 Å². The lowest BCUT2D eigenvalue weighted by atomic mass is 10.0. The Morgan fingerprint density at radius 2 is 1.84 bits per heavy atom. The monoisotopic (exact) mass is 274 g/mol. The summed E-state index contributed by atoms with van der Waals surface area (Å²) in [6.07, 6.45) is 3.01. The first kappa shape index (κ1) is 13.6. The topological polar surface area (TPSA) is 42.0 Å². The van der Waals surface area contributed by atoms with Crippen molar-refractivity contribution in [1.29, 1.82) is 0 Å². The van der Waals surface area contributed by atoms with E-state index in [0.29, 0.717) is 10.6 Å². The highest BCUT2D eigenvalue weighted by Gasteiger charge is 2.13. The summed E-state index contributed by atoms with van der Waals surface area (Å²) in [4.78, 5) is 16.1. The van der Waals surface area contributed by atoms with Gasteiger partial charge < -0.3 is 5.32 Å². The summed E-state index contributed by atoms with van der Waals surface area (Å²) < 4.78 is 0. The van der Waals surface area contributed by atoms with Gasteiger partial charge in [0.05, 0.1) is 10.6 Å². The van der Waals surface area contributed by atoms with E-state index in [9.17, 15) is 4.79 Å². The van der Waals surface area contributed by atoms with Crippen molar-refractivity contribution in [3.8, 4) is 0 Å². The van der Waals surface area contributed by atoms with Crippen molar-refractivity contribution in [2.75, 3.05) is 5.32 Å². The van der Waals surface area contributed by atoms with Crippen molar-refractivity contribution in [1.82, 2.24) is 4.98 Å². The number of rotatable bonds is 2. The summed E-state index contributed by atoms with van der Waals surface area (Å²) in [6, 6.07) is 5.68. The van der Waals surface area contributed by atoms with E-state index in [1.807, 2.05) is 32.9 Å². The van der Waals surface area contributed by atoms with Crippen LogP contribution in [0.4, 0.5) is 5.69 Å². The minimum absolute atomic E-state index is 0.220. The number of nitrogens with zero attached hydrogens (tertiary/aromatic N) is 1. The quantitative estimate of drug-likeness (QED) is 0.902. The molecule has 0 spiro atoms. The summed E-state index contributed by atoms with van der Waals surface area (Å²) in [7, 11) is 0. The third-order valence-electron chi connectivity index (χ3n) is 2.93. The van der Waals surface area contributed by atoms with Gasteiger partial charge in [-0.25, -0.2) is 0 Å². The Balaban J connectivity index is 2.32. The zero-order chi connectivity index (χ0) is 14.0. The van der Waals surface area contributed by atoms with E-state index in [1.54, 1.807) is 12.3 Å². The number of aryl methyl sites for hydroxylation is 3. The molecular formula is C15H15ClN2O. The molecule has 1 aromatic heterocycles. The van der Waals surface area contributed by atoms with Crippen LogP contribution in [0.25, 0.3) is 0 Å². The Bertz CT molecular complexity index is 615. The average molecular weight is 275 g/mol. The molecule has 1 heterocycles. The van der Waals surface area contributed by atoms with E-state index in [4.69, 9.17) is 11.6 Å². The van der Waals surface area contributed by atoms with Crippen LogP contribution in [0, 0.1) is 20.8 Å². The van der Waals surface area contributed by atoms with Gasteiger partial charge >= 0.3 is 0 Å².